The van der Waals surface area contributed by atoms with Crippen LogP contribution in [-0.2, 0) is 32.7 Å². The van der Waals surface area contributed by atoms with Gasteiger partial charge in [0.1, 0.15) is 43.2 Å². The molecule has 1 aliphatic carbocycles. The molecule has 0 radical (unpaired) electrons. The highest BCUT2D eigenvalue weighted by atomic mass is 31.2. The molecule has 0 heterocycles. The summed E-state index contributed by atoms with van der Waals surface area (Å²) in [5.41, 5.74) is 0. The van der Waals surface area contributed by atoms with Gasteiger partial charge in [0, 0.05) is 12.8 Å². The predicted molar refractivity (Wildman–Crippen MR) is 262 cm³/mol. The number of aliphatic hydroxyl groups excluding tert-OH is 5. The van der Waals surface area contributed by atoms with Gasteiger partial charge in [-0.15, -0.1) is 0 Å². The summed E-state index contributed by atoms with van der Waals surface area (Å²) < 4.78 is 33.5. The van der Waals surface area contributed by atoms with E-state index in [-0.39, 0.29) is 12.8 Å². The van der Waals surface area contributed by atoms with E-state index in [1.165, 1.54) is 83.5 Å². The first-order valence-electron chi connectivity index (χ1n) is 25.2. The molecule has 0 amide bonds. The summed E-state index contributed by atoms with van der Waals surface area (Å²) >= 11 is 0. The third kappa shape index (κ3) is 32.9. The highest BCUT2D eigenvalue weighted by Gasteiger charge is 2.51. The monoisotopic (exact) mass is 953 g/mol. The number of allylic oxidation sites excluding steroid dienone is 12. The van der Waals surface area contributed by atoms with E-state index in [4.69, 9.17) is 18.5 Å². The maximum absolute atomic E-state index is 12.8. The predicted octanol–water partition coefficient (Wildman–Crippen LogP) is 10.7. The van der Waals surface area contributed by atoms with E-state index in [1.807, 2.05) is 18.2 Å². The molecular weight excluding hydrogens is 864 g/mol. The Kier molecular flexibility index (Phi) is 38.3. The van der Waals surface area contributed by atoms with Crippen LogP contribution in [0.4, 0.5) is 0 Å². The van der Waals surface area contributed by atoms with Gasteiger partial charge in [-0.2, -0.15) is 0 Å². The van der Waals surface area contributed by atoms with Gasteiger partial charge in [-0.25, -0.2) is 4.57 Å². The highest BCUT2D eigenvalue weighted by molar-refractivity contribution is 7.47. The average Bonchev–Trinajstić information content (AvgIpc) is 3.30. The molecule has 0 aromatic carbocycles. The minimum absolute atomic E-state index is 0.0402. The molecule has 1 aliphatic rings. The van der Waals surface area contributed by atoms with E-state index in [2.05, 4.69) is 68.5 Å². The van der Waals surface area contributed by atoms with Gasteiger partial charge in [0.05, 0.1) is 6.61 Å². The zero-order chi connectivity index (χ0) is 48.5. The summed E-state index contributed by atoms with van der Waals surface area (Å²) in [6.07, 6.45) is 39.6. The van der Waals surface area contributed by atoms with Crippen LogP contribution < -0.4 is 0 Å². The van der Waals surface area contributed by atoms with Gasteiger partial charge < -0.3 is 39.9 Å². The minimum atomic E-state index is -5.14. The van der Waals surface area contributed by atoms with Crippen LogP contribution in [0.1, 0.15) is 187 Å². The molecule has 1 saturated carbocycles. The molecular formula is C52H89O13P. The maximum atomic E-state index is 12.8. The lowest BCUT2D eigenvalue weighted by Gasteiger charge is -2.41. The van der Waals surface area contributed by atoms with Crippen molar-refractivity contribution < 1.29 is 63.1 Å². The lowest BCUT2D eigenvalue weighted by Crippen LogP contribution is -2.64. The Morgan fingerprint density at radius 2 is 0.864 bits per heavy atom. The first-order chi connectivity index (χ1) is 31.9. The van der Waals surface area contributed by atoms with Crippen LogP contribution in [0.3, 0.4) is 0 Å². The van der Waals surface area contributed by atoms with Crippen LogP contribution in [0.5, 0.6) is 0 Å². The average molecular weight is 953 g/mol. The van der Waals surface area contributed by atoms with Crippen LogP contribution in [-0.4, -0.2) is 98.3 Å². The molecule has 13 nitrogen and oxygen atoms in total. The van der Waals surface area contributed by atoms with E-state index in [9.17, 15) is 44.6 Å². The Labute approximate surface area is 397 Å². The number of phosphoric ester groups is 1. The second-order valence-electron chi connectivity index (χ2n) is 17.3. The largest absolute Gasteiger partial charge is 0.472 e. The number of ether oxygens (including phenoxy) is 2. The number of hydrogen-bond donors (Lipinski definition) is 6. The molecule has 0 aromatic heterocycles. The molecule has 0 aliphatic heterocycles. The van der Waals surface area contributed by atoms with Crippen molar-refractivity contribution in [1.29, 1.82) is 0 Å². The molecule has 1 rings (SSSR count). The van der Waals surface area contributed by atoms with Gasteiger partial charge in [-0.1, -0.05) is 196 Å². The molecule has 6 unspecified atom stereocenters. The molecule has 0 bridgehead atoms. The normalized spacial score (nSPS) is 21.9. The minimum Gasteiger partial charge on any atom is -0.462 e. The fraction of sp³-hybridized carbons (Fsp3) is 0.731. The number of unbranched alkanes of at least 4 members (excludes halogenated alkanes) is 17. The number of rotatable bonds is 41. The Morgan fingerprint density at radius 3 is 1.29 bits per heavy atom. The number of esters is 2. The van der Waals surface area contributed by atoms with E-state index in [1.54, 1.807) is 0 Å². The number of carbonyl (C=O) groups excluding carboxylic acids is 2. The van der Waals surface area contributed by atoms with Crippen LogP contribution in [0.15, 0.2) is 72.9 Å². The van der Waals surface area contributed by atoms with Crippen molar-refractivity contribution in [3.63, 3.8) is 0 Å². The van der Waals surface area contributed by atoms with E-state index < -0.39 is 75.7 Å². The quantitative estimate of drug-likeness (QED) is 0.0146. The molecule has 6 N–H and O–H groups in total. The zero-order valence-electron chi connectivity index (χ0n) is 40.5. The lowest BCUT2D eigenvalue weighted by atomic mass is 9.85. The third-order valence-electron chi connectivity index (χ3n) is 11.3. The van der Waals surface area contributed by atoms with E-state index in [0.717, 1.165) is 57.8 Å². The molecule has 66 heavy (non-hydrogen) atoms. The lowest BCUT2D eigenvalue weighted by molar-refractivity contribution is -0.220. The summed E-state index contributed by atoms with van der Waals surface area (Å²) in [4.78, 5) is 35.8. The number of carbonyl (C=O) groups is 2. The number of aliphatic hydroxyl groups is 5. The Hall–Kier alpha value is -2.71. The second kappa shape index (κ2) is 41.3. The van der Waals surface area contributed by atoms with Crippen molar-refractivity contribution in [2.24, 2.45) is 0 Å². The van der Waals surface area contributed by atoms with Crippen molar-refractivity contribution in [3.8, 4) is 0 Å². The van der Waals surface area contributed by atoms with Crippen LogP contribution in [0.2, 0.25) is 0 Å². The molecule has 380 valence electrons. The van der Waals surface area contributed by atoms with Crippen molar-refractivity contribution in [2.45, 2.75) is 230 Å². The van der Waals surface area contributed by atoms with E-state index >= 15 is 0 Å². The summed E-state index contributed by atoms with van der Waals surface area (Å²) in [5.74, 6) is -1.20. The van der Waals surface area contributed by atoms with Crippen LogP contribution in [0.25, 0.3) is 0 Å². The second-order valence-corrected chi connectivity index (χ2v) is 18.7. The summed E-state index contributed by atoms with van der Waals surface area (Å²) in [7, 11) is -5.14. The number of hydrogen-bond acceptors (Lipinski definition) is 12. The molecule has 8 atom stereocenters. The number of phosphoric acid groups is 1. The first kappa shape index (κ1) is 61.3. The molecule has 0 spiro atoms. The van der Waals surface area contributed by atoms with Gasteiger partial charge in [-0.3, -0.25) is 18.6 Å². The topological polar surface area (TPSA) is 210 Å². The SMILES string of the molecule is CC/C=C/C/C=C/C/C=C/C/C=C/C/C=C/C/C=C/CCC(=O)OC[C@@H](COP(=O)(O)OC1C(O)C(O)C(O)[C@H](O)C1O)OC(=O)CCCCCCCCCCCCCCCCCCCC. The fourth-order valence-corrected chi connectivity index (χ4v) is 8.29. The smallest absolute Gasteiger partial charge is 0.462 e. The zero-order valence-corrected chi connectivity index (χ0v) is 41.4. The van der Waals surface area contributed by atoms with Gasteiger partial charge in [0.25, 0.3) is 0 Å². The molecule has 0 saturated heterocycles. The van der Waals surface area contributed by atoms with Crippen LogP contribution in [0, 0.1) is 0 Å². The maximum Gasteiger partial charge on any atom is 0.472 e. The molecule has 14 heteroatoms. The van der Waals surface area contributed by atoms with Crippen molar-refractivity contribution in [2.75, 3.05) is 13.2 Å². The molecule has 1 fully saturated rings. The third-order valence-corrected chi connectivity index (χ3v) is 12.3. The fourth-order valence-electron chi connectivity index (χ4n) is 7.31. The van der Waals surface area contributed by atoms with Gasteiger partial charge >= 0.3 is 19.8 Å². The Morgan fingerprint density at radius 1 is 0.485 bits per heavy atom. The summed E-state index contributed by atoms with van der Waals surface area (Å²) in [6, 6.07) is 0. The summed E-state index contributed by atoms with van der Waals surface area (Å²) in [6.45, 7) is 3.14. The van der Waals surface area contributed by atoms with Gasteiger partial charge in [0.2, 0.25) is 0 Å². The van der Waals surface area contributed by atoms with Crippen molar-refractivity contribution in [1.82, 2.24) is 0 Å². The van der Waals surface area contributed by atoms with Crippen molar-refractivity contribution in [3.05, 3.63) is 72.9 Å². The Bertz CT molecular complexity index is 1430. The highest BCUT2D eigenvalue weighted by Crippen LogP contribution is 2.47. The first-order valence-corrected chi connectivity index (χ1v) is 26.7. The van der Waals surface area contributed by atoms with Crippen molar-refractivity contribution >= 4 is 19.8 Å². The van der Waals surface area contributed by atoms with Gasteiger partial charge in [-0.05, 0) is 51.4 Å². The molecule has 0 aromatic rings. The van der Waals surface area contributed by atoms with E-state index in [0.29, 0.717) is 19.3 Å². The Balaban J connectivity index is 2.46. The standard InChI is InChI=1S/C52H89O13P/c1-3-5-7-9-11-13-15-17-19-21-23-25-26-28-30-32-34-36-38-40-45(53)62-42-44(43-63-66(60,61)65-52-50(58)48(56)47(55)49(57)51(52)59)64-46(54)41-39-37-35-33-31-29-27-24-22-20-18-16-14-12-10-8-6-4-2/h5,7,11,13,17,19,23,25,28,30,34,36,44,47-52,55-59H,3-4,6,8-10,12,14-16,18,20-22,24,26-27,29,31-33,35,37-43H2,1-2H3,(H,60,61)/b7-5+,13-11+,19-17+,25-23+,30-28+,36-34+/t44-,47?,48-,49?,50?,51?,52?/m0/s1. The summed E-state index contributed by atoms with van der Waals surface area (Å²) in [5, 5.41) is 50.2. The van der Waals surface area contributed by atoms with Crippen LogP contribution >= 0.6 is 7.82 Å². The van der Waals surface area contributed by atoms with Gasteiger partial charge in [0.15, 0.2) is 6.10 Å².